The maximum Gasteiger partial charge on any atom is 0.227 e. The number of hydrogen-bond acceptors (Lipinski definition) is 3. The average Bonchev–Trinajstić information content (AvgIpc) is 2.59. The maximum atomic E-state index is 11.3. The van der Waals surface area contributed by atoms with E-state index in [1.807, 2.05) is 0 Å². The molecule has 0 atom stereocenters. The molecular weight excluding hydrogens is 202 g/mol. The fraction of sp³-hybridized carbons (Fsp3) is 0.333. The van der Waals surface area contributed by atoms with Crippen LogP contribution in [0.15, 0.2) is 29.7 Å². The number of aliphatic imine (C=N–C) groups is 1. The summed E-state index contributed by atoms with van der Waals surface area (Å²) in [6.45, 7) is 4.37. The monoisotopic (exact) mass is 213 g/mol. The molecule has 0 spiro atoms. The van der Waals surface area contributed by atoms with Gasteiger partial charge in [0.15, 0.2) is 5.17 Å². The molecule has 0 unspecified atom stereocenters. The Morgan fingerprint density at radius 1 is 1.71 bits per heavy atom. The number of amides is 1. The SMILES string of the molecule is C=C(/C(Cl)=N\C=C/N)N1CCCC1=O. The molecule has 1 aliphatic rings. The molecule has 0 aromatic carbocycles. The van der Waals surface area contributed by atoms with Crippen LogP contribution in [-0.4, -0.2) is 22.5 Å². The highest BCUT2D eigenvalue weighted by Gasteiger charge is 2.24. The van der Waals surface area contributed by atoms with Gasteiger partial charge in [-0.15, -0.1) is 0 Å². The Morgan fingerprint density at radius 3 is 2.93 bits per heavy atom. The smallest absolute Gasteiger partial charge is 0.227 e. The van der Waals surface area contributed by atoms with Gasteiger partial charge in [-0.2, -0.15) is 0 Å². The van der Waals surface area contributed by atoms with E-state index in [0.29, 0.717) is 18.7 Å². The first-order chi connectivity index (χ1) is 6.66. The fourth-order valence-electron chi connectivity index (χ4n) is 1.23. The number of likely N-dealkylation sites (tertiary alicyclic amines) is 1. The van der Waals surface area contributed by atoms with E-state index < -0.39 is 0 Å². The maximum absolute atomic E-state index is 11.3. The van der Waals surface area contributed by atoms with Crippen LogP contribution >= 0.6 is 11.6 Å². The Morgan fingerprint density at radius 2 is 2.43 bits per heavy atom. The molecule has 0 aromatic heterocycles. The van der Waals surface area contributed by atoms with Crippen LogP contribution in [-0.2, 0) is 4.79 Å². The minimum Gasteiger partial charge on any atom is -0.403 e. The van der Waals surface area contributed by atoms with Gasteiger partial charge >= 0.3 is 0 Å². The summed E-state index contributed by atoms with van der Waals surface area (Å²) in [5.41, 5.74) is 5.54. The summed E-state index contributed by atoms with van der Waals surface area (Å²) >= 11 is 5.81. The molecule has 1 fully saturated rings. The van der Waals surface area contributed by atoms with Crippen LogP contribution in [0.3, 0.4) is 0 Å². The molecule has 1 aliphatic heterocycles. The lowest BCUT2D eigenvalue weighted by Crippen LogP contribution is -2.26. The molecule has 0 saturated carbocycles. The van der Waals surface area contributed by atoms with Crippen molar-refractivity contribution in [3.8, 4) is 0 Å². The van der Waals surface area contributed by atoms with E-state index in [1.54, 1.807) is 0 Å². The summed E-state index contributed by atoms with van der Waals surface area (Å²) in [4.78, 5) is 16.6. The van der Waals surface area contributed by atoms with Crippen molar-refractivity contribution >= 4 is 22.7 Å². The van der Waals surface area contributed by atoms with Gasteiger partial charge < -0.3 is 10.6 Å². The Labute approximate surface area is 87.7 Å². The first kappa shape index (κ1) is 10.8. The molecule has 1 rings (SSSR count). The van der Waals surface area contributed by atoms with Crippen molar-refractivity contribution in [3.05, 3.63) is 24.7 Å². The van der Waals surface area contributed by atoms with E-state index in [4.69, 9.17) is 17.3 Å². The van der Waals surface area contributed by atoms with Crippen LogP contribution in [0.2, 0.25) is 0 Å². The van der Waals surface area contributed by atoms with Crippen molar-refractivity contribution in [1.29, 1.82) is 0 Å². The Balaban J connectivity index is 2.69. The van der Waals surface area contributed by atoms with Gasteiger partial charge in [-0.3, -0.25) is 4.79 Å². The molecule has 1 saturated heterocycles. The Bertz CT molecular complexity index is 309. The van der Waals surface area contributed by atoms with Gasteiger partial charge in [0.1, 0.15) is 0 Å². The molecule has 4 nitrogen and oxygen atoms in total. The molecule has 76 valence electrons. The molecule has 2 N–H and O–H groups in total. The van der Waals surface area contributed by atoms with Crippen molar-refractivity contribution in [2.75, 3.05) is 6.54 Å². The Hall–Kier alpha value is -1.29. The first-order valence-electron chi connectivity index (χ1n) is 4.26. The summed E-state index contributed by atoms with van der Waals surface area (Å²) in [7, 11) is 0. The highest BCUT2D eigenvalue weighted by molar-refractivity contribution is 6.69. The number of carbonyl (C=O) groups is 1. The second kappa shape index (κ2) is 4.81. The van der Waals surface area contributed by atoms with Gasteiger partial charge in [0, 0.05) is 25.4 Å². The number of rotatable bonds is 3. The lowest BCUT2D eigenvalue weighted by atomic mass is 10.4. The van der Waals surface area contributed by atoms with Gasteiger partial charge in [0.05, 0.1) is 5.70 Å². The number of allylic oxidation sites excluding steroid dienone is 1. The Kier molecular flexibility index (Phi) is 3.71. The third kappa shape index (κ3) is 2.35. The minimum atomic E-state index is 0.0417. The van der Waals surface area contributed by atoms with E-state index >= 15 is 0 Å². The molecule has 1 amide bonds. The zero-order valence-corrected chi connectivity index (χ0v) is 8.50. The largest absolute Gasteiger partial charge is 0.403 e. The zero-order valence-electron chi connectivity index (χ0n) is 7.74. The summed E-state index contributed by atoms with van der Waals surface area (Å²) in [6, 6.07) is 0. The quantitative estimate of drug-likeness (QED) is 0.716. The van der Waals surface area contributed by atoms with E-state index in [0.717, 1.165) is 6.42 Å². The average molecular weight is 214 g/mol. The topological polar surface area (TPSA) is 58.7 Å². The van der Waals surface area contributed by atoms with Crippen LogP contribution in [0.1, 0.15) is 12.8 Å². The summed E-state index contributed by atoms with van der Waals surface area (Å²) in [6.07, 6.45) is 4.01. The molecular formula is C9H12ClN3O. The standard InChI is InChI=1S/C9H12ClN3O/c1-7(9(10)12-5-4-11)13-6-2-3-8(13)14/h4-5H,1-3,6,11H2/b5-4-,12-9+. The lowest BCUT2D eigenvalue weighted by Gasteiger charge is -2.16. The summed E-state index contributed by atoms with van der Waals surface area (Å²) < 4.78 is 0. The molecule has 0 bridgehead atoms. The summed E-state index contributed by atoms with van der Waals surface area (Å²) in [5, 5.41) is 0.196. The molecule has 0 aliphatic carbocycles. The molecule has 5 heteroatoms. The van der Waals surface area contributed by atoms with Gasteiger partial charge in [0.2, 0.25) is 5.91 Å². The second-order valence-corrected chi connectivity index (χ2v) is 3.22. The highest BCUT2D eigenvalue weighted by Crippen LogP contribution is 2.17. The van der Waals surface area contributed by atoms with Crippen LogP contribution in [0.4, 0.5) is 0 Å². The van der Waals surface area contributed by atoms with Crippen LogP contribution in [0.25, 0.3) is 0 Å². The van der Waals surface area contributed by atoms with E-state index in [9.17, 15) is 4.79 Å². The third-order valence-corrected chi connectivity index (χ3v) is 2.23. The number of nitrogens with two attached hydrogens (primary N) is 1. The van der Waals surface area contributed by atoms with Crippen molar-refractivity contribution in [2.45, 2.75) is 12.8 Å². The first-order valence-corrected chi connectivity index (χ1v) is 4.64. The molecule has 0 radical (unpaired) electrons. The summed E-state index contributed by atoms with van der Waals surface area (Å²) in [5.74, 6) is 0.0417. The number of hydrogen-bond donors (Lipinski definition) is 1. The fourth-order valence-corrected chi connectivity index (χ4v) is 1.39. The van der Waals surface area contributed by atoms with Crippen molar-refractivity contribution in [2.24, 2.45) is 10.7 Å². The predicted molar refractivity (Wildman–Crippen MR) is 56.7 cm³/mol. The van der Waals surface area contributed by atoms with Gasteiger partial charge in [-0.05, 0) is 6.42 Å². The number of nitrogens with zero attached hydrogens (tertiary/aromatic N) is 2. The second-order valence-electron chi connectivity index (χ2n) is 2.86. The lowest BCUT2D eigenvalue weighted by molar-refractivity contribution is -0.125. The van der Waals surface area contributed by atoms with E-state index in [-0.39, 0.29) is 11.1 Å². The zero-order chi connectivity index (χ0) is 10.6. The number of halogens is 1. The van der Waals surface area contributed by atoms with Crippen LogP contribution in [0.5, 0.6) is 0 Å². The predicted octanol–water partition coefficient (Wildman–Crippen LogP) is 1.19. The molecule has 14 heavy (non-hydrogen) atoms. The highest BCUT2D eigenvalue weighted by atomic mass is 35.5. The molecule has 0 aromatic rings. The normalized spacial score (nSPS) is 18.2. The van der Waals surface area contributed by atoms with E-state index in [1.165, 1.54) is 17.3 Å². The van der Waals surface area contributed by atoms with Crippen molar-refractivity contribution < 1.29 is 4.79 Å². The third-order valence-electron chi connectivity index (χ3n) is 1.91. The van der Waals surface area contributed by atoms with E-state index in [2.05, 4.69) is 11.6 Å². The van der Waals surface area contributed by atoms with Gasteiger partial charge in [-0.25, -0.2) is 4.99 Å². The number of carbonyl (C=O) groups excluding carboxylic acids is 1. The van der Waals surface area contributed by atoms with Gasteiger partial charge in [-0.1, -0.05) is 18.2 Å². The van der Waals surface area contributed by atoms with Crippen molar-refractivity contribution in [3.63, 3.8) is 0 Å². The van der Waals surface area contributed by atoms with Crippen molar-refractivity contribution in [1.82, 2.24) is 4.90 Å². The van der Waals surface area contributed by atoms with Gasteiger partial charge in [0.25, 0.3) is 0 Å². The van der Waals surface area contributed by atoms with Crippen LogP contribution < -0.4 is 5.73 Å². The molecule has 1 heterocycles. The minimum absolute atomic E-state index is 0.0417. The van der Waals surface area contributed by atoms with Crippen LogP contribution in [0, 0.1) is 0 Å².